The van der Waals surface area contributed by atoms with E-state index in [0.29, 0.717) is 13.2 Å². The molecule has 0 aromatic rings. The highest BCUT2D eigenvalue weighted by Gasteiger charge is 2.32. The lowest BCUT2D eigenvalue weighted by Gasteiger charge is -2.16. The molecule has 1 atom stereocenters. The van der Waals surface area contributed by atoms with Crippen LogP contribution in [0.1, 0.15) is 20.3 Å². The van der Waals surface area contributed by atoms with Gasteiger partial charge < -0.3 is 19.3 Å². The standard InChI is InChI=1S/C9H16O5/c1-9(2)13-6-7(14-9)5-12-4-3-8(10)11/h7H,3-6H2,1-2H3,(H,10,11)/t7-/m0/s1. The maximum absolute atomic E-state index is 10.2. The van der Waals surface area contributed by atoms with Gasteiger partial charge in [-0.25, -0.2) is 0 Å². The number of ether oxygens (including phenoxy) is 3. The van der Waals surface area contributed by atoms with Gasteiger partial charge in [0.05, 0.1) is 26.2 Å². The molecule has 1 rings (SSSR count). The first-order valence-corrected chi connectivity index (χ1v) is 4.61. The predicted molar refractivity (Wildman–Crippen MR) is 48.0 cm³/mol. The number of carbonyl (C=O) groups is 1. The fourth-order valence-electron chi connectivity index (χ4n) is 1.22. The first-order chi connectivity index (χ1) is 6.49. The maximum Gasteiger partial charge on any atom is 0.305 e. The molecule has 0 saturated carbocycles. The molecule has 1 aliphatic heterocycles. The lowest BCUT2D eigenvalue weighted by Crippen LogP contribution is -2.24. The summed E-state index contributed by atoms with van der Waals surface area (Å²) in [7, 11) is 0. The number of rotatable bonds is 5. The Hall–Kier alpha value is -0.650. The third-order valence-electron chi connectivity index (χ3n) is 1.83. The Labute approximate surface area is 82.9 Å². The molecule has 0 aromatic heterocycles. The van der Waals surface area contributed by atoms with Crippen molar-refractivity contribution in [3.8, 4) is 0 Å². The minimum absolute atomic E-state index is 0.0248. The van der Waals surface area contributed by atoms with E-state index in [2.05, 4.69) is 0 Å². The average molecular weight is 204 g/mol. The fraction of sp³-hybridized carbons (Fsp3) is 0.889. The Balaban J connectivity index is 2.06. The summed E-state index contributed by atoms with van der Waals surface area (Å²) in [6, 6.07) is 0. The van der Waals surface area contributed by atoms with Crippen LogP contribution in [-0.2, 0) is 19.0 Å². The molecule has 1 aliphatic rings. The van der Waals surface area contributed by atoms with Gasteiger partial charge in [-0.05, 0) is 13.8 Å². The van der Waals surface area contributed by atoms with Gasteiger partial charge in [-0.1, -0.05) is 0 Å². The smallest absolute Gasteiger partial charge is 0.305 e. The van der Waals surface area contributed by atoms with E-state index in [-0.39, 0.29) is 19.1 Å². The van der Waals surface area contributed by atoms with E-state index in [0.717, 1.165) is 0 Å². The first kappa shape index (κ1) is 11.4. The van der Waals surface area contributed by atoms with E-state index in [4.69, 9.17) is 19.3 Å². The second kappa shape index (κ2) is 4.72. The van der Waals surface area contributed by atoms with Crippen LogP contribution in [0.5, 0.6) is 0 Å². The van der Waals surface area contributed by atoms with Gasteiger partial charge in [-0.3, -0.25) is 4.79 Å². The second-order valence-electron chi connectivity index (χ2n) is 3.67. The minimum atomic E-state index is -0.853. The van der Waals surface area contributed by atoms with E-state index in [1.165, 1.54) is 0 Å². The van der Waals surface area contributed by atoms with Crippen LogP contribution in [-0.4, -0.2) is 42.8 Å². The zero-order valence-electron chi connectivity index (χ0n) is 8.49. The Kier molecular flexibility index (Phi) is 3.86. The van der Waals surface area contributed by atoms with E-state index >= 15 is 0 Å². The summed E-state index contributed by atoms with van der Waals surface area (Å²) >= 11 is 0. The first-order valence-electron chi connectivity index (χ1n) is 4.61. The largest absolute Gasteiger partial charge is 0.481 e. The van der Waals surface area contributed by atoms with Crippen LogP contribution in [0.3, 0.4) is 0 Å². The number of hydrogen-bond acceptors (Lipinski definition) is 4. The summed E-state index contributed by atoms with van der Waals surface area (Å²) in [4.78, 5) is 10.2. The van der Waals surface area contributed by atoms with Crippen LogP contribution in [0.15, 0.2) is 0 Å². The zero-order chi connectivity index (χ0) is 10.6. The average Bonchev–Trinajstić information content (AvgIpc) is 2.39. The highest BCUT2D eigenvalue weighted by Crippen LogP contribution is 2.22. The number of hydrogen-bond donors (Lipinski definition) is 1. The van der Waals surface area contributed by atoms with Crippen molar-refractivity contribution in [2.75, 3.05) is 19.8 Å². The molecule has 1 fully saturated rings. The molecule has 0 unspecified atom stereocenters. The van der Waals surface area contributed by atoms with Gasteiger partial charge in [0.25, 0.3) is 0 Å². The van der Waals surface area contributed by atoms with Crippen LogP contribution >= 0.6 is 0 Å². The van der Waals surface area contributed by atoms with Crippen molar-refractivity contribution in [1.29, 1.82) is 0 Å². The molecule has 5 heteroatoms. The molecule has 0 bridgehead atoms. The van der Waals surface area contributed by atoms with E-state index < -0.39 is 11.8 Å². The van der Waals surface area contributed by atoms with Crippen molar-refractivity contribution in [1.82, 2.24) is 0 Å². The van der Waals surface area contributed by atoms with Crippen LogP contribution in [0.4, 0.5) is 0 Å². The van der Waals surface area contributed by atoms with Crippen LogP contribution in [0.25, 0.3) is 0 Å². The summed E-state index contributed by atoms with van der Waals surface area (Å²) in [6.45, 7) is 4.78. The Bertz CT molecular complexity index is 201. The van der Waals surface area contributed by atoms with Crippen molar-refractivity contribution in [3.05, 3.63) is 0 Å². The number of aliphatic carboxylic acids is 1. The Morgan fingerprint density at radius 1 is 1.64 bits per heavy atom. The fourth-order valence-corrected chi connectivity index (χ4v) is 1.22. The SMILES string of the molecule is CC1(C)OC[C@H](COCCC(=O)O)O1. The predicted octanol–water partition coefficient (Wildman–Crippen LogP) is 0.629. The maximum atomic E-state index is 10.2. The summed E-state index contributed by atoms with van der Waals surface area (Å²) in [6.07, 6.45) is -0.0597. The van der Waals surface area contributed by atoms with Crippen LogP contribution < -0.4 is 0 Å². The second-order valence-corrected chi connectivity index (χ2v) is 3.67. The topological polar surface area (TPSA) is 65.0 Å². The minimum Gasteiger partial charge on any atom is -0.481 e. The lowest BCUT2D eigenvalue weighted by atomic mass is 10.4. The highest BCUT2D eigenvalue weighted by molar-refractivity contribution is 5.66. The molecule has 0 radical (unpaired) electrons. The number of carboxylic acids is 1. The van der Waals surface area contributed by atoms with Crippen molar-refractivity contribution < 1.29 is 24.1 Å². The highest BCUT2D eigenvalue weighted by atomic mass is 16.7. The summed E-state index contributed by atoms with van der Waals surface area (Å²) in [5, 5.41) is 8.35. The lowest BCUT2D eigenvalue weighted by molar-refractivity contribution is -0.147. The van der Waals surface area contributed by atoms with Crippen LogP contribution in [0, 0.1) is 0 Å². The van der Waals surface area contributed by atoms with Gasteiger partial charge >= 0.3 is 5.97 Å². The normalized spacial score (nSPS) is 25.1. The molecule has 0 aromatic carbocycles. The molecular weight excluding hydrogens is 188 g/mol. The molecule has 5 nitrogen and oxygen atoms in total. The third kappa shape index (κ3) is 4.04. The van der Waals surface area contributed by atoms with Gasteiger partial charge in [0.15, 0.2) is 5.79 Å². The van der Waals surface area contributed by atoms with Crippen molar-refractivity contribution in [2.24, 2.45) is 0 Å². The van der Waals surface area contributed by atoms with Gasteiger partial charge in [-0.15, -0.1) is 0 Å². The van der Waals surface area contributed by atoms with E-state index in [1.54, 1.807) is 0 Å². The molecule has 14 heavy (non-hydrogen) atoms. The molecule has 1 heterocycles. The Morgan fingerprint density at radius 2 is 2.36 bits per heavy atom. The van der Waals surface area contributed by atoms with Crippen molar-refractivity contribution in [2.45, 2.75) is 32.2 Å². The van der Waals surface area contributed by atoms with Gasteiger partial charge in [-0.2, -0.15) is 0 Å². The van der Waals surface area contributed by atoms with E-state index in [1.807, 2.05) is 13.8 Å². The molecule has 1 N–H and O–H groups in total. The third-order valence-corrected chi connectivity index (χ3v) is 1.83. The molecule has 82 valence electrons. The van der Waals surface area contributed by atoms with Gasteiger partial charge in [0, 0.05) is 0 Å². The van der Waals surface area contributed by atoms with Gasteiger partial charge in [0.2, 0.25) is 0 Å². The quantitative estimate of drug-likeness (QED) is 0.665. The van der Waals surface area contributed by atoms with Gasteiger partial charge in [0.1, 0.15) is 6.10 Å². The molecule has 0 aliphatic carbocycles. The Morgan fingerprint density at radius 3 is 2.86 bits per heavy atom. The summed E-state index contributed by atoms with van der Waals surface area (Å²) < 4.78 is 15.9. The molecular formula is C9H16O5. The van der Waals surface area contributed by atoms with Crippen molar-refractivity contribution >= 4 is 5.97 Å². The van der Waals surface area contributed by atoms with E-state index in [9.17, 15) is 4.79 Å². The summed E-state index contributed by atoms with van der Waals surface area (Å²) in [5.41, 5.74) is 0. The summed E-state index contributed by atoms with van der Waals surface area (Å²) in [5.74, 6) is -1.39. The van der Waals surface area contributed by atoms with Crippen LogP contribution in [0.2, 0.25) is 0 Å². The molecule has 1 saturated heterocycles. The molecule has 0 spiro atoms. The zero-order valence-corrected chi connectivity index (χ0v) is 8.49. The molecule has 0 amide bonds. The number of carboxylic acid groups (broad SMARTS) is 1. The monoisotopic (exact) mass is 204 g/mol. The van der Waals surface area contributed by atoms with Crippen molar-refractivity contribution in [3.63, 3.8) is 0 Å².